The van der Waals surface area contributed by atoms with Gasteiger partial charge in [0.2, 0.25) is 5.91 Å². The van der Waals surface area contributed by atoms with Gasteiger partial charge in [0.15, 0.2) is 0 Å². The van der Waals surface area contributed by atoms with Crippen LogP contribution in [0.4, 0.5) is 0 Å². The van der Waals surface area contributed by atoms with E-state index in [1.54, 1.807) is 0 Å². The van der Waals surface area contributed by atoms with Crippen LogP contribution in [0.25, 0.3) is 0 Å². The van der Waals surface area contributed by atoms with E-state index in [-0.39, 0.29) is 12.0 Å². The molecule has 3 nitrogen and oxygen atoms in total. The van der Waals surface area contributed by atoms with Gasteiger partial charge in [-0.3, -0.25) is 4.79 Å². The van der Waals surface area contributed by atoms with Crippen LogP contribution < -0.4 is 0 Å². The van der Waals surface area contributed by atoms with Crippen molar-refractivity contribution in [3.63, 3.8) is 0 Å². The fourth-order valence-corrected chi connectivity index (χ4v) is 2.98. The Balaban J connectivity index is 2.20. The molecule has 80 valence electrons. The molecule has 2 aliphatic rings. The lowest BCUT2D eigenvalue weighted by atomic mass is 9.80. The zero-order valence-corrected chi connectivity index (χ0v) is 9.19. The average Bonchev–Trinajstić information content (AvgIpc) is 2.52. The van der Waals surface area contributed by atoms with Crippen LogP contribution in [0.15, 0.2) is 0 Å². The zero-order valence-electron chi connectivity index (χ0n) is 9.19. The topological polar surface area (TPSA) is 29.5 Å². The van der Waals surface area contributed by atoms with Gasteiger partial charge in [-0.1, -0.05) is 13.8 Å². The first-order valence-corrected chi connectivity index (χ1v) is 5.48. The standard InChI is InChI=1S/C11H19NO2/c1-7(2)11-8-4-5-14-9(8)6-10(13)12(11)3/h7-9,11H,4-6H2,1-3H3. The fraction of sp³-hybridized carbons (Fsp3) is 0.909. The number of nitrogens with zero attached hydrogens (tertiary/aromatic N) is 1. The lowest BCUT2D eigenvalue weighted by Crippen LogP contribution is -2.53. The molecule has 3 atom stereocenters. The quantitative estimate of drug-likeness (QED) is 0.633. The van der Waals surface area contributed by atoms with E-state index in [0.29, 0.717) is 24.3 Å². The van der Waals surface area contributed by atoms with Gasteiger partial charge >= 0.3 is 0 Å². The summed E-state index contributed by atoms with van der Waals surface area (Å²) < 4.78 is 5.61. The second kappa shape index (κ2) is 3.54. The van der Waals surface area contributed by atoms with Crippen molar-refractivity contribution < 1.29 is 9.53 Å². The van der Waals surface area contributed by atoms with E-state index < -0.39 is 0 Å². The second-order valence-corrected chi connectivity index (χ2v) is 4.81. The molecule has 2 rings (SSSR count). The van der Waals surface area contributed by atoms with E-state index in [1.165, 1.54) is 0 Å². The zero-order chi connectivity index (χ0) is 10.3. The third-order valence-corrected chi connectivity index (χ3v) is 3.60. The molecule has 3 heteroatoms. The minimum absolute atomic E-state index is 0.200. The van der Waals surface area contributed by atoms with E-state index >= 15 is 0 Å². The van der Waals surface area contributed by atoms with Crippen molar-refractivity contribution in [3.05, 3.63) is 0 Å². The van der Waals surface area contributed by atoms with Gasteiger partial charge in [0.25, 0.3) is 0 Å². The van der Waals surface area contributed by atoms with Crippen molar-refractivity contribution in [2.24, 2.45) is 11.8 Å². The summed E-state index contributed by atoms with van der Waals surface area (Å²) in [7, 11) is 1.93. The smallest absolute Gasteiger partial charge is 0.225 e. The maximum atomic E-state index is 11.7. The lowest BCUT2D eigenvalue weighted by Gasteiger charge is -2.42. The van der Waals surface area contributed by atoms with Crippen molar-refractivity contribution in [2.45, 2.75) is 38.8 Å². The van der Waals surface area contributed by atoms with Gasteiger partial charge < -0.3 is 9.64 Å². The number of carbonyl (C=O) groups is 1. The number of rotatable bonds is 1. The van der Waals surface area contributed by atoms with E-state index in [0.717, 1.165) is 13.0 Å². The van der Waals surface area contributed by atoms with Crippen molar-refractivity contribution in [2.75, 3.05) is 13.7 Å². The highest BCUT2D eigenvalue weighted by Gasteiger charge is 2.44. The summed E-state index contributed by atoms with van der Waals surface area (Å²) in [5.41, 5.74) is 0. The Kier molecular flexibility index (Phi) is 2.52. The summed E-state index contributed by atoms with van der Waals surface area (Å²) in [5.74, 6) is 1.34. The van der Waals surface area contributed by atoms with E-state index in [4.69, 9.17) is 4.74 Å². The van der Waals surface area contributed by atoms with Crippen molar-refractivity contribution in [1.82, 2.24) is 4.90 Å². The molecule has 0 spiro atoms. The molecule has 0 saturated carbocycles. The van der Waals surface area contributed by atoms with Crippen LogP contribution in [0, 0.1) is 11.8 Å². The molecule has 14 heavy (non-hydrogen) atoms. The Morgan fingerprint density at radius 1 is 1.50 bits per heavy atom. The van der Waals surface area contributed by atoms with Gasteiger partial charge in [0.1, 0.15) is 0 Å². The molecule has 0 aromatic heterocycles. The number of likely N-dealkylation sites (tertiary alicyclic amines) is 1. The normalized spacial score (nSPS) is 37.9. The molecule has 2 aliphatic heterocycles. The Morgan fingerprint density at radius 2 is 2.21 bits per heavy atom. The van der Waals surface area contributed by atoms with Gasteiger partial charge in [-0.25, -0.2) is 0 Å². The maximum Gasteiger partial charge on any atom is 0.225 e. The van der Waals surface area contributed by atoms with Gasteiger partial charge in [0, 0.05) is 25.6 Å². The molecule has 1 amide bonds. The molecule has 0 radical (unpaired) electrons. The molecule has 0 aromatic rings. The van der Waals surface area contributed by atoms with Crippen LogP contribution in [0.5, 0.6) is 0 Å². The first-order chi connectivity index (χ1) is 6.61. The molecule has 3 unspecified atom stereocenters. The van der Waals surface area contributed by atoms with E-state index in [1.807, 2.05) is 11.9 Å². The highest BCUT2D eigenvalue weighted by Crippen LogP contribution is 2.36. The van der Waals surface area contributed by atoms with Crippen molar-refractivity contribution in [1.29, 1.82) is 0 Å². The van der Waals surface area contributed by atoms with Gasteiger partial charge in [-0.05, 0) is 12.3 Å². The molecule has 0 bridgehead atoms. The van der Waals surface area contributed by atoms with Crippen molar-refractivity contribution in [3.8, 4) is 0 Å². The van der Waals surface area contributed by atoms with Gasteiger partial charge in [-0.15, -0.1) is 0 Å². The minimum Gasteiger partial charge on any atom is -0.377 e. The monoisotopic (exact) mass is 197 g/mol. The third kappa shape index (κ3) is 1.44. The highest BCUT2D eigenvalue weighted by molar-refractivity contribution is 5.78. The predicted molar refractivity (Wildman–Crippen MR) is 53.9 cm³/mol. The molecular weight excluding hydrogens is 178 g/mol. The van der Waals surface area contributed by atoms with Crippen LogP contribution in [0.1, 0.15) is 26.7 Å². The first-order valence-electron chi connectivity index (χ1n) is 5.48. The Labute approximate surface area is 85.4 Å². The summed E-state index contributed by atoms with van der Waals surface area (Å²) in [4.78, 5) is 13.6. The molecule has 2 heterocycles. The Bertz CT molecular complexity index is 239. The molecular formula is C11H19NO2. The third-order valence-electron chi connectivity index (χ3n) is 3.60. The number of hydrogen-bond acceptors (Lipinski definition) is 2. The van der Waals surface area contributed by atoms with Gasteiger partial charge in [0.05, 0.1) is 12.5 Å². The molecule has 2 fully saturated rings. The van der Waals surface area contributed by atoms with Crippen molar-refractivity contribution >= 4 is 5.91 Å². The Hall–Kier alpha value is -0.570. The van der Waals surface area contributed by atoms with Crippen LogP contribution in [-0.2, 0) is 9.53 Å². The van der Waals surface area contributed by atoms with Gasteiger partial charge in [-0.2, -0.15) is 0 Å². The summed E-state index contributed by atoms with van der Waals surface area (Å²) in [6.07, 6.45) is 1.90. The van der Waals surface area contributed by atoms with E-state index in [2.05, 4.69) is 13.8 Å². The predicted octanol–water partition coefficient (Wildman–Crippen LogP) is 1.28. The highest BCUT2D eigenvalue weighted by atomic mass is 16.5. The number of ether oxygens (including phenoxy) is 1. The Morgan fingerprint density at radius 3 is 2.86 bits per heavy atom. The molecule has 0 N–H and O–H groups in total. The molecule has 0 aliphatic carbocycles. The number of carbonyl (C=O) groups excluding carboxylic acids is 1. The summed E-state index contributed by atoms with van der Waals surface area (Å²) >= 11 is 0. The average molecular weight is 197 g/mol. The van der Waals surface area contributed by atoms with Crippen LogP contribution >= 0.6 is 0 Å². The summed E-state index contributed by atoms with van der Waals surface area (Å²) in [6, 6.07) is 0.378. The van der Waals surface area contributed by atoms with Crippen LogP contribution in [0.3, 0.4) is 0 Å². The maximum absolute atomic E-state index is 11.7. The largest absolute Gasteiger partial charge is 0.377 e. The summed E-state index contributed by atoms with van der Waals surface area (Å²) in [5, 5.41) is 0. The number of hydrogen-bond donors (Lipinski definition) is 0. The van der Waals surface area contributed by atoms with Crippen LogP contribution in [0.2, 0.25) is 0 Å². The lowest BCUT2D eigenvalue weighted by molar-refractivity contribution is -0.143. The van der Waals surface area contributed by atoms with Crippen LogP contribution in [-0.4, -0.2) is 36.6 Å². The second-order valence-electron chi connectivity index (χ2n) is 4.81. The summed E-state index contributed by atoms with van der Waals surface area (Å²) in [6.45, 7) is 5.21. The molecule has 0 aromatic carbocycles. The minimum atomic E-state index is 0.200. The first kappa shape index (κ1) is 9.97. The SMILES string of the molecule is CC(C)C1C2CCOC2CC(=O)N1C. The number of fused-ring (bicyclic) bond motifs is 1. The number of piperidine rings is 1. The fourth-order valence-electron chi connectivity index (χ4n) is 2.98. The number of amides is 1. The van der Waals surface area contributed by atoms with E-state index in [9.17, 15) is 4.79 Å². The molecule has 2 saturated heterocycles.